The summed E-state index contributed by atoms with van der Waals surface area (Å²) in [6, 6.07) is 9.44. The number of benzene rings is 1. The Morgan fingerprint density at radius 3 is 2.56 bits per heavy atom. The molecule has 9 heteroatoms. The van der Waals surface area contributed by atoms with Crippen molar-refractivity contribution in [2.75, 3.05) is 23.4 Å². The minimum absolute atomic E-state index is 0.0337. The maximum atomic E-state index is 12.1. The van der Waals surface area contributed by atoms with Crippen LogP contribution in [0.3, 0.4) is 0 Å². The molecule has 1 aromatic heterocycles. The predicted octanol–water partition coefficient (Wildman–Crippen LogP) is 2.46. The second-order valence-electron chi connectivity index (χ2n) is 5.13. The van der Waals surface area contributed by atoms with Crippen molar-refractivity contribution in [3.05, 3.63) is 52.4 Å². The average molecular weight is 429 g/mol. The Bertz CT molecular complexity index is 876. The van der Waals surface area contributed by atoms with Gasteiger partial charge >= 0.3 is 0 Å². The number of furan rings is 1. The Balaban J connectivity index is 1.98. The lowest BCUT2D eigenvalue weighted by atomic mass is 10.2. The van der Waals surface area contributed by atoms with E-state index in [2.05, 4.69) is 26.6 Å². The first kappa shape index (κ1) is 19.2. The Morgan fingerprint density at radius 2 is 1.92 bits per heavy atom. The summed E-state index contributed by atoms with van der Waals surface area (Å²) >= 11 is 3.12. The highest BCUT2D eigenvalue weighted by Gasteiger charge is 2.13. The van der Waals surface area contributed by atoms with Gasteiger partial charge in [-0.15, -0.1) is 0 Å². The molecule has 0 radical (unpaired) electrons. The zero-order valence-electron chi connectivity index (χ0n) is 13.4. The van der Waals surface area contributed by atoms with Crippen molar-refractivity contribution in [2.45, 2.75) is 6.92 Å². The van der Waals surface area contributed by atoms with Crippen molar-refractivity contribution >= 4 is 43.3 Å². The standard InChI is InChI=1S/C16H17BrN2O5S/c1-2-25(22,23)9-8-18-15(20)11-4-3-5-12(10-11)19-16(21)13-6-7-14(17)24-13/h3-7,10H,2,8-9H2,1H3,(H,18,20)(H,19,21). The third-order valence-electron chi connectivity index (χ3n) is 3.32. The van der Waals surface area contributed by atoms with Crippen LogP contribution in [0.4, 0.5) is 5.69 Å². The topological polar surface area (TPSA) is 105 Å². The zero-order chi connectivity index (χ0) is 18.4. The smallest absolute Gasteiger partial charge is 0.291 e. The second-order valence-corrected chi connectivity index (χ2v) is 8.39. The van der Waals surface area contributed by atoms with Gasteiger partial charge in [0.1, 0.15) is 0 Å². The fourth-order valence-electron chi connectivity index (χ4n) is 1.93. The molecule has 0 fully saturated rings. The Morgan fingerprint density at radius 1 is 1.16 bits per heavy atom. The summed E-state index contributed by atoms with van der Waals surface area (Å²) in [5, 5.41) is 5.18. The number of nitrogens with one attached hydrogen (secondary N) is 2. The SMILES string of the molecule is CCS(=O)(=O)CCNC(=O)c1cccc(NC(=O)c2ccc(Br)o2)c1. The van der Waals surface area contributed by atoms with Gasteiger partial charge in [-0.25, -0.2) is 8.42 Å². The van der Waals surface area contributed by atoms with E-state index in [0.29, 0.717) is 15.9 Å². The van der Waals surface area contributed by atoms with Gasteiger partial charge in [-0.3, -0.25) is 9.59 Å². The van der Waals surface area contributed by atoms with E-state index in [4.69, 9.17) is 4.42 Å². The van der Waals surface area contributed by atoms with Crippen LogP contribution in [0.1, 0.15) is 27.8 Å². The quantitative estimate of drug-likeness (QED) is 0.704. The minimum atomic E-state index is -3.14. The highest BCUT2D eigenvalue weighted by Crippen LogP contribution is 2.17. The molecule has 0 saturated carbocycles. The number of anilines is 1. The number of sulfone groups is 1. The van der Waals surface area contributed by atoms with Gasteiger partial charge in [0.2, 0.25) is 0 Å². The van der Waals surface area contributed by atoms with E-state index >= 15 is 0 Å². The van der Waals surface area contributed by atoms with E-state index in [-0.39, 0.29) is 23.8 Å². The molecule has 2 amide bonds. The predicted molar refractivity (Wildman–Crippen MR) is 97.5 cm³/mol. The average Bonchev–Trinajstić information content (AvgIpc) is 3.01. The van der Waals surface area contributed by atoms with Gasteiger partial charge in [0.05, 0.1) is 5.75 Å². The van der Waals surface area contributed by atoms with Crippen LogP contribution in [0.15, 0.2) is 45.5 Å². The molecule has 0 unspecified atom stereocenters. The summed E-state index contributed by atoms with van der Waals surface area (Å²) in [6.45, 7) is 1.59. The van der Waals surface area contributed by atoms with E-state index in [1.807, 2.05) is 0 Å². The zero-order valence-corrected chi connectivity index (χ0v) is 15.8. The maximum Gasteiger partial charge on any atom is 0.291 e. The number of halogens is 1. The van der Waals surface area contributed by atoms with Crippen molar-refractivity contribution in [1.29, 1.82) is 0 Å². The molecule has 0 bridgehead atoms. The molecule has 25 heavy (non-hydrogen) atoms. The van der Waals surface area contributed by atoms with Crippen LogP contribution < -0.4 is 10.6 Å². The van der Waals surface area contributed by atoms with Crippen LogP contribution in [0.2, 0.25) is 0 Å². The first-order chi connectivity index (χ1) is 11.8. The summed E-state index contributed by atoms with van der Waals surface area (Å²) < 4.78 is 28.4. The molecule has 0 aliphatic heterocycles. The molecule has 134 valence electrons. The van der Waals surface area contributed by atoms with E-state index in [0.717, 1.165) is 0 Å². The van der Waals surface area contributed by atoms with Crippen LogP contribution in [-0.2, 0) is 9.84 Å². The number of rotatable bonds is 7. The molecule has 0 atom stereocenters. The number of hydrogen-bond donors (Lipinski definition) is 2. The normalized spacial score (nSPS) is 11.1. The molecule has 2 rings (SSSR count). The van der Waals surface area contributed by atoms with Crippen LogP contribution in [-0.4, -0.2) is 38.3 Å². The van der Waals surface area contributed by atoms with Crippen LogP contribution in [0, 0.1) is 0 Å². The lowest BCUT2D eigenvalue weighted by Gasteiger charge is -2.08. The van der Waals surface area contributed by atoms with Crippen molar-refractivity contribution in [2.24, 2.45) is 0 Å². The first-order valence-corrected chi connectivity index (χ1v) is 10.1. The van der Waals surface area contributed by atoms with E-state index in [1.165, 1.54) is 12.1 Å². The summed E-state index contributed by atoms with van der Waals surface area (Å²) in [7, 11) is -3.14. The van der Waals surface area contributed by atoms with Gasteiger partial charge in [0, 0.05) is 23.5 Å². The Labute approximate surface area is 153 Å². The number of amides is 2. The number of carbonyl (C=O) groups is 2. The van der Waals surface area contributed by atoms with Gasteiger partial charge in [-0.05, 0) is 46.3 Å². The lowest BCUT2D eigenvalue weighted by molar-refractivity contribution is 0.0953. The summed E-state index contributed by atoms with van der Waals surface area (Å²) in [4.78, 5) is 24.1. The van der Waals surface area contributed by atoms with Gasteiger partial charge < -0.3 is 15.1 Å². The maximum absolute atomic E-state index is 12.1. The fourth-order valence-corrected chi connectivity index (χ4v) is 2.94. The minimum Gasteiger partial charge on any atom is -0.444 e. The first-order valence-electron chi connectivity index (χ1n) is 7.46. The Kier molecular flexibility index (Phi) is 6.38. The molecule has 0 aliphatic carbocycles. The van der Waals surface area contributed by atoms with E-state index in [9.17, 15) is 18.0 Å². The third-order valence-corrected chi connectivity index (χ3v) is 5.45. The fraction of sp³-hybridized carbons (Fsp3) is 0.250. The summed E-state index contributed by atoms with van der Waals surface area (Å²) in [6.07, 6.45) is 0. The Hall–Kier alpha value is -2.13. The van der Waals surface area contributed by atoms with Gasteiger partial charge in [0.25, 0.3) is 11.8 Å². The van der Waals surface area contributed by atoms with Crippen LogP contribution >= 0.6 is 15.9 Å². The monoisotopic (exact) mass is 428 g/mol. The highest BCUT2D eigenvalue weighted by molar-refractivity contribution is 9.10. The third kappa shape index (κ3) is 5.71. The molecule has 7 nitrogen and oxygen atoms in total. The van der Waals surface area contributed by atoms with Crippen molar-refractivity contribution in [3.63, 3.8) is 0 Å². The van der Waals surface area contributed by atoms with Crippen molar-refractivity contribution < 1.29 is 22.4 Å². The van der Waals surface area contributed by atoms with Gasteiger partial charge in [-0.1, -0.05) is 13.0 Å². The lowest BCUT2D eigenvalue weighted by Crippen LogP contribution is -2.29. The molecule has 0 saturated heterocycles. The summed E-state index contributed by atoms with van der Waals surface area (Å²) in [5.74, 6) is -0.807. The van der Waals surface area contributed by atoms with Gasteiger partial charge in [-0.2, -0.15) is 0 Å². The van der Waals surface area contributed by atoms with Crippen LogP contribution in [0.5, 0.6) is 0 Å². The molecule has 2 aromatic rings. The van der Waals surface area contributed by atoms with Crippen molar-refractivity contribution in [1.82, 2.24) is 5.32 Å². The number of hydrogen-bond acceptors (Lipinski definition) is 5. The second kappa shape index (κ2) is 8.30. The molecule has 2 N–H and O–H groups in total. The highest BCUT2D eigenvalue weighted by atomic mass is 79.9. The molecule has 0 spiro atoms. The summed E-state index contributed by atoms with van der Waals surface area (Å²) in [5.41, 5.74) is 0.735. The number of carbonyl (C=O) groups excluding carboxylic acids is 2. The molecule has 0 aliphatic rings. The van der Waals surface area contributed by atoms with E-state index in [1.54, 1.807) is 31.2 Å². The van der Waals surface area contributed by atoms with Crippen LogP contribution in [0.25, 0.3) is 0 Å². The van der Waals surface area contributed by atoms with Crippen molar-refractivity contribution in [3.8, 4) is 0 Å². The largest absolute Gasteiger partial charge is 0.444 e. The molecular weight excluding hydrogens is 412 g/mol. The molecule has 1 aromatic carbocycles. The molecule has 1 heterocycles. The van der Waals surface area contributed by atoms with E-state index < -0.39 is 21.7 Å². The van der Waals surface area contributed by atoms with Gasteiger partial charge in [0.15, 0.2) is 20.3 Å². The molecular formula is C16H17BrN2O5S.